The zero-order chi connectivity index (χ0) is 26.9. The lowest BCUT2D eigenvalue weighted by atomic mass is 9.96. The molecule has 0 spiro atoms. The average Bonchev–Trinajstić information content (AvgIpc) is 3.61. The smallest absolute Gasteiger partial charge is 0.0769 e. The van der Waals surface area contributed by atoms with Crippen molar-refractivity contribution in [2.75, 3.05) is 0 Å². The summed E-state index contributed by atoms with van der Waals surface area (Å²) in [5.41, 5.74) is 19.5. The summed E-state index contributed by atoms with van der Waals surface area (Å²) >= 11 is 0. The van der Waals surface area contributed by atoms with E-state index < -0.39 is 0 Å². The normalized spacial score (nSPS) is 13.6. The van der Waals surface area contributed by atoms with Gasteiger partial charge in [0, 0.05) is 34.7 Å². The first kappa shape index (κ1) is 24.2. The molecule has 2 aliphatic heterocycles. The van der Waals surface area contributed by atoms with Gasteiger partial charge < -0.3 is 9.55 Å². The molecule has 5 heterocycles. The first-order valence-electron chi connectivity index (χ1n) is 13.3. The summed E-state index contributed by atoms with van der Waals surface area (Å²) in [6.07, 6.45) is 0. The Morgan fingerprint density at radius 3 is 1.92 bits per heavy atom. The number of rotatable bonds is 1. The molecule has 3 aromatic heterocycles. The first-order chi connectivity index (χ1) is 18.2. The molecular weight excluding hydrogens is 464 g/mol. The molecule has 2 aliphatic rings. The summed E-state index contributed by atoms with van der Waals surface area (Å²) < 4.78 is 2.33. The highest BCUT2D eigenvalue weighted by Gasteiger charge is 2.24. The highest BCUT2D eigenvalue weighted by atomic mass is 14.9. The minimum Gasteiger partial charge on any atom is -0.355 e. The van der Waals surface area contributed by atoms with Crippen molar-refractivity contribution in [2.45, 2.75) is 48.5 Å². The van der Waals surface area contributed by atoms with Crippen molar-refractivity contribution in [3.8, 4) is 11.1 Å². The third-order valence-corrected chi connectivity index (χ3v) is 8.59. The number of fused-ring (bicyclic) bond motifs is 8. The van der Waals surface area contributed by atoms with Crippen LogP contribution < -0.4 is 0 Å². The molecule has 1 N–H and O–H groups in total. The molecule has 0 aliphatic carbocycles. The molecule has 4 aromatic rings. The monoisotopic (exact) mass is 498 g/mol. The Morgan fingerprint density at radius 2 is 1.21 bits per heavy atom. The van der Waals surface area contributed by atoms with Crippen LogP contribution in [0.1, 0.15) is 67.2 Å². The van der Waals surface area contributed by atoms with Crippen molar-refractivity contribution in [1.29, 1.82) is 0 Å². The number of aromatic amines is 1. The van der Waals surface area contributed by atoms with Gasteiger partial charge in [0.25, 0.3) is 0 Å². The lowest BCUT2D eigenvalue weighted by Gasteiger charge is -2.10. The molecule has 4 nitrogen and oxygen atoms in total. The minimum absolute atomic E-state index is 1.00. The fraction of sp³-hybridized carbons (Fsp3) is 0.235. The third-order valence-electron chi connectivity index (χ3n) is 8.59. The van der Waals surface area contributed by atoms with Gasteiger partial charge in [-0.2, -0.15) is 0 Å². The quantitative estimate of drug-likeness (QED) is 0.285. The van der Waals surface area contributed by atoms with Gasteiger partial charge in [0.2, 0.25) is 0 Å². The zero-order valence-electron chi connectivity index (χ0n) is 23.5. The number of hydrogen-bond donors (Lipinski definition) is 1. The molecule has 0 amide bonds. The Hall–Kier alpha value is -4.18. The molecule has 0 atom stereocenters. The van der Waals surface area contributed by atoms with Gasteiger partial charge in [-0.25, -0.2) is 9.97 Å². The van der Waals surface area contributed by atoms with E-state index in [1.807, 2.05) is 0 Å². The molecule has 6 rings (SSSR count). The summed E-state index contributed by atoms with van der Waals surface area (Å²) in [4.78, 5) is 14.1. The second kappa shape index (κ2) is 8.70. The van der Waals surface area contributed by atoms with Crippen molar-refractivity contribution in [3.05, 3.63) is 94.1 Å². The summed E-state index contributed by atoms with van der Waals surface area (Å²) in [6.45, 7) is 15.4. The van der Waals surface area contributed by atoms with E-state index in [1.165, 1.54) is 55.6 Å². The van der Waals surface area contributed by atoms with Crippen LogP contribution in [0.25, 0.3) is 55.5 Å². The highest BCUT2D eigenvalue weighted by Crippen LogP contribution is 2.41. The molecule has 190 valence electrons. The lowest BCUT2D eigenvalue weighted by molar-refractivity contribution is 1.01. The van der Waals surface area contributed by atoms with Crippen LogP contribution in [0.5, 0.6) is 0 Å². The largest absolute Gasteiger partial charge is 0.355 e. The Balaban J connectivity index is 1.91. The average molecular weight is 499 g/mol. The van der Waals surface area contributed by atoms with Gasteiger partial charge in [0.15, 0.2) is 0 Å². The van der Waals surface area contributed by atoms with Gasteiger partial charge in [-0.3, -0.25) is 0 Å². The van der Waals surface area contributed by atoms with Crippen molar-refractivity contribution in [1.82, 2.24) is 19.5 Å². The van der Waals surface area contributed by atoms with Crippen LogP contribution in [-0.4, -0.2) is 19.5 Å². The summed E-state index contributed by atoms with van der Waals surface area (Å²) in [5.74, 6) is 0. The van der Waals surface area contributed by atoms with Gasteiger partial charge >= 0.3 is 0 Å². The highest BCUT2D eigenvalue weighted by molar-refractivity contribution is 6.01. The summed E-state index contributed by atoms with van der Waals surface area (Å²) in [5, 5.41) is 0. The zero-order valence-corrected chi connectivity index (χ0v) is 23.5. The van der Waals surface area contributed by atoms with E-state index in [-0.39, 0.29) is 0 Å². The number of aryl methyl sites for hydroxylation is 3. The Bertz CT molecular complexity index is 1880. The number of allylic oxidation sites excluding steroid dienone is 4. The van der Waals surface area contributed by atoms with E-state index in [2.05, 4.69) is 120 Å². The fourth-order valence-electron chi connectivity index (χ4n) is 5.96. The Kier molecular flexibility index (Phi) is 5.53. The fourth-order valence-corrected chi connectivity index (χ4v) is 5.96. The number of benzene rings is 1. The second-order valence-corrected chi connectivity index (χ2v) is 10.7. The first-order valence-corrected chi connectivity index (χ1v) is 13.3. The van der Waals surface area contributed by atoms with Crippen molar-refractivity contribution >= 4 is 44.4 Å². The number of nitrogens with one attached hydrogen (secondary N) is 1. The third kappa shape index (κ3) is 3.51. The van der Waals surface area contributed by atoms with Crippen molar-refractivity contribution < 1.29 is 0 Å². The minimum atomic E-state index is 1.00. The number of aromatic nitrogens is 4. The van der Waals surface area contributed by atoms with Crippen LogP contribution in [-0.2, 0) is 7.05 Å². The topological polar surface area (TPSA) is 46.5 Å². The SMILES string of the molecule is CC1=C(C)c2nc1cc1ccc(cc3c(C)c(C)c(c(-c4ccccc4)c4nc(c2C)C(C)=C4C)n3C)[nH]1. The predicted molar refractivity (Wildman–Crippen MR) is 162 cm³/mol. The van der Waals surface area contributed by atoms with Crippen LogP contribution in [0.4, 0.5) is 0 Å². The molecule has 0 unspecified atom stereocenters. The second-order valence-electron chi connectivity index (χ2n) is 10.7. The lowest BCUT2D eigenvalue weighted by Crippen LogP contribution is -1.94. The van der Waals surface area contributed by atoms with E-state index in [4.69, 9.17) is 9.97 Å². The van der Waals surface area contributed by atoms with E-state index in [0.717, 1.165) is 39.4 Å². The van der Waals surface area contributed by atoms with E-state index in [9.17, 15) is 0 Å². The van der Waals surface area contributed by atoms with Gasteiger partial charge in [-0.1, -0.05) is 30.3 Å². The molecule has 4 heteroatoms. The standard InChI is InChI=1S/C34H34N4/c1-18-20(3)31-24(7)32-21(4)22(5)33(37-32)30(25-12-10-9-11-13-25)34-23(6)19(2)29(38(34)8)17-27-15-14-26(35-27)16-28(18)36-31/h9-17,35H,1-8H3. The predicted octanol–water partition coefficient (Wildman–Crippen LogP) is 8.82. The van der Waals surface area contributed by atoms with Crippen LogP contribution in [0.2, 0.25) is 0 Å². The molecule has 1 aromatic carbocycles. The van der Waals surface area contributed by atoms with Crippen molar-refractivity contribution in [2.24, 2.45) is 7.05 Å². The van der Waals surface area contributed by atoms with E-state index >= 15 is 0 Å². The van der Waals surface area contributed by atoms with Crippen LogP contribution in [0.3, 0.4) is 0 Å². The van der Waals surface area contributed by atoms with E-state index in [0.29, 0.717) is 0 Å². The van der Waals surface area contributed by atoms with Gasteiger partial charge in [-0.15, -0.1) is 0 Å². The molecule has 0 saturated carbocycles. The molecule has 0 saturated heterocycles. The number of nitrogens with zero attached hydrogens (tertiary/aromatic N) is 3. The Morgan fingerprint density at radius 1 is 0.605 bits per heavy atom. The molecule has 38 heavy (non-hydrogen) atoms. The van der Waals surface area contributed by atoms with Gasteiger partial charge in [0.05, 0.1) is 28.3 Å². The maximum absolute atomic E-state index is 5.39. The molecule has 8 bridgehead atoms. The van der Waals surface area contributed by atoms with Crippen LogP contribution in [0.15, 0.2) is 54.6 Å². The Labute approximate surface area is 224 Å². The maximum Gasteiger partial charge on any atom is 0.0769 e. The summed E-state index contributed by atoms with van der Waals surface area (Å²) in [6, 6.07) is 19.4. The van der Waals surface area contributed by atoms with E-state index in [1.54, 1.807) is 0 Å². The van der Waals surface area contributed by atoms with Crippen LogP contribution >= 0.6 is 0 Å². The molecular formula is C34H34N4. The van der Waals surface area contributed by atoms with Gasteiger partial charge in [-0.05, 0) is 112 Å². The molecule has 0 fully saturated rings. The van der Waals surface area contributed by atoms with Crippen LogP contribution in [0, 0.1) is 20.8 Å². The van der Waals surface area contributed by atoms with Crippen molar-refractivity contribution in [3.63, 3.8) is 0 Å². The maximum atomic E-state index is 5.39. The number of H-pyrrole nitrogens is 1. The molecule has 0 radical (unpaired) electrons. The number of hydrogen-bond acceptors (Lipinski definition) is 2. The summed E-state index contributed by atoms with van der Waals surface area (Å²) in [7, 11) is 2.17. The van der Waals surface area contributed by atoms with Gasteiger partial charge in [0.1, 0.15) is 0 Å².